The van der Waals surface area contributed by atoms with Crippen molar-refractivity contribution < 1.29 is 4.74 Å². The van der Waals surface area contributed by atoms with E-state index >= 15 is 0 Å². The SMILES string of the molecule is COc1ccc(-c2nc(NCCc3ccccn3)nc3nn(-c4ccc(Cl)cc4)c(N)c23)cc1. The second kappa shape index (κ2) is 9.36. The Morgan fingerprint density at radius 1 is 1.00 bits per heavy atom. The smallest absolute Gasteiger partial charge is 0.225 e. The molecular formula is C25H22ClN7O. The molecule has 3 aromatic heterocycles. The summed E-state index contributed by atoms with van der Waals surface area (Å²) in [5.41, 5.74) is 10.4. The van der Waals surface area contributed by atoms with Gasteiger partial charge in [-0.1, -0.05) is 17.7 Å². The Bertz CT molecular complexity index is 1420. The summed E-state index contributed by atoms with van der Waals surface area (Å²) in [6, 6.07) is 20.8. The summed E-state index contributed by atoms with van der Waals surface area (Å²) < 4.78 is 6.96. The molecule has 0 aliphatic heterocycles. The number of methoxy groups -OCH3 is 1. The molecule has 0 aliphatic carbocycles. The Balaban J connectivity index is 1.57. The lowest BCUT2D eigenvalue weighted by Crippen LogP contribution is -2.09. The third kappa shape index (κ3) is 4.35. The van der Waals surface area contributed by atoms with Crippen LogP contribution in [0, 0.1) is 0 Å². The number of nitrogens with two attached hydrogens (primary N) is 1. The molecule has 5 rings (SSSR count). The predicted octanol–water partition coefficient (Wildman–Crippen LogP) is 4.78. The number of nitrogen functional groups attached to an aromatic ring is 1. The number of rotatable bonds is 7. The van der Waals surface area contributed by atoms with E-state index in [1.54, 1.807) is 30.1 Å². The molecule has 0 amide bonds. The standard InChI is InChI=1S/C25H22ClN7O/c1-34-20-11-5-16(6-12-20)22-21-23(27)33(19-9-7-17(26)8-10-19)32-24(21)31-25(30-22)29-15-13-18-4-2-3-14-28-18/h2-12,14H,13,15,27H2,1H3,(H,29,31,32). The Morgan fingerprint density at radius 2 is 1.79 bits per heavy atom. The van der Waals surface area contributed by atoms with E-state index in [9.17, 15) is 0 Å². The van der Waals surface area contributed by atoms with Gasteiger partial charge in [0, 0.05) is 35.4 Å². The van der Waals surface area contributed by atoms with Gasteiger partial charge in [0.25, 0.3) is 0 Å². The van der Waals surface area contributed by atoms with Gasteiger partial charge in [0.1, 0.15) is 11.6 Å². The van der Waals surface area contributed by atoms with E-state index in [0.29, 0.717) is 40.1 Å². The lowest BCUT2D eigenvalue weighted by atomic mass is 10.1. The molecule has 0 bridgehead atoms. The van der Waals surface area contributed by atoms with E-state index in [1.807, 2.05) is 54.6 Å². The van der Waals surface area contributed by atoms with Crippen LogP contribution in [0.5, 0.6) is 5.75 Å². The van der Waals surface area contributed by atoms with Crippen LogP contribution < -0.4 is 15.8 Å². The van der Waals surface area contributed by atoms with Crippen LogP contribution in [0.3, 0.4) is 0 Å². The molecule has 0 unspecified atom stereocenters. The third-order valence-electron chi connectivity index (χ3n) is 5.39. The van der Waals surface area contributed by atoms with Crippen molar-refractivity contribution in [2.45, 2.75) is 6.42 Å². The van der Waals surface area contributed by atoms with Crippen molar-refractivity contribution in [3.05, 3.63) is 83.6 Å². The molecule has 9 heteroatoms. The maximum Gasteiger partial charge on any atom is 0.225 e. The van der Waals surface area contributed by atoms with Crippen LogP contribution in [0.25, 0.3) is 28.0 Å². The second-order valence-electron chi connectivity index (χ2n) is 7.59. The van der Waals surface area contributed by atoms with E-state index in [4.69, 9.17) is 27.1 Å². The average Bonchev–Trinajstić information content (AvgIpc) is 3.21. The van der Waals surface area contributed by atoms with Crippen LogP contribution in [0.15, 0.2) is 72.9 Å². The highest BCUT2D eigenvalue weighted by Crippen LogP contribution is 2.33. The molecule has 170 valence electrons. The minimum Gasteiger partial charge on any atom is -0.497 e. The van der Waals surface area contributed by atoms with Crippen LogP contribution in [-0.4, -0.2) is 38.4 Å². The maximum absolute atomic E-state index is 6.56. The van der Waals surface area contributed by atoms with Crippen molar-refractivity contribution >= 4 is 34.4 Å². The van der Waals surface area contributed by atoms with Crippen molar-refractivity contribution in [1.29, 1.82) is 0 Å². The van der Waals surface area contributed by atoms with E-state index in [-0.39, 0.29) is 0 Å². The van der Waals surface area contributed by atoms with Gasteiger partial charge in [-0.2, -0.15) is 4.98 Å². The molecule has 8 nitrogen and oxygen atoms in total. The normalized spacial score (nSPS) is 11.0. The fourth-order valence-corrected chi connectivity index (χ4v) is 3.80. The molecule has 2 aromatic carbocycles. The minimum atomic E-state index is 0.447. The maximum atomic E-state index is 6.56. The first-order chi connectivity index (χ1) is 16.6. The summed E-state index contributed by atoms with van der Waals surface area (Å²) in [6.45, 7) is 0.623. The van der Waals surface area contributed by atoms with Gasteiger partial charge in [-0.15, -0.1) is 5.10 Å². The number of ether oxygens (including phenoxy) is 1. The molecule has 0 radical (unpaired) electrons. The Morgan fingerprint density at radius 3 is 2.50 bits per heavy atom. The summed E-state index contributed by atoms with van der Waals surface area (Å²) in [5, 5.41) is 9.29. The zero-order chi connectivity index (χ0) is 23.5. The second-order valence-corrected chi connectivity index (χ2v) is 8.03. The lowest BCUT2D eigenvalue weighted by Gasteiger charge is -2.09. The number of hydrogen-bond donors (Lipinski definition) is 2. The van der Waals surface area contributed by atoms with E-state index in [2.05, 4.69) is 20.4 Å². The Kier molecular flexibility index (Phi) is 5.97. The quantitative estimate of drug-likeness (QED) is 0.352. The highest BCUT2D eigenvalue weighted by molar-refractivity contribution is 6.30. The Labute approximate surface area is 201 Å². The molecule has 0 aliphatic rings. The number of fused-ring (bicyclic) bond motifs is 1. The zero-order valence-corrected chi connectivity index (χ0v) is 19.2. The van der Waals surface area contributed by atoms with E-state index in [0.717, 1.165) is 29.1 Å². The first-order valence-corrected chi connectivity index (χ1v) is 11.1. The highest BCUT2D eigenvalue weighted by Gasteiger charge is 2.19. The van der Waals surface area contributed by atoms with Crippen LogP contribution in [0.2, 0.25) is 5.02 Å². The van der Waals surface area contributed by atoms with Gasteiger partial charge in [-0.05, 0) is 60.7 Å². The molecule has 3 N–H and O–H groups in total. The van der Waals surface area contributed by atoms with Gasteiger partial charge in [-0.25, -0.2) is 9.67 Å². The predicted molar refractivity (Wildman–Crippen MR) is 135 cm³/mol. The van der Waals surface area contributed by atoms with Gasteiger partial charge in [0.15, 0.2) is 5.65 Å². The number of hydrogen-bond acceptors (Lipinski definition) is 7. The molecule has 34 heavy (non-hydrogen) atoms. The monoisotopic (exact) mass is 471 g/mol. The molecule has 0 saturated heterocycles. The molecule has 3 heterocycles. The molecule has 0 atom stereocenters. The minimum absolute atomic E-state index is 0.447. The van der Waals surface area contributed by atoms with Gasteiger partial charge < -0.3 is 15.8 Å². The van der Waals surface area contributed by atoms with E-state index < -0.39 is 0 Å². The van der Waals surface area contributed by atoms with Gasteiger partial charge in [-0.3, -0.25) is 4.98 Å². The lowest BCUT2D eigenvalue weighted by molar-refractivity contribution is 0.415. The number of nitrogens with zero attached hydrogens (tertiary/aromatic N) is 5. The highest BCUT2D eigenvalue weighted by atomic mass is 35.5. The van der Waals surface area contributed by atoms with Crippen LogP contribution in [-0.2, 0) is 6.42 Å². The summed E-state index contributed by atoms with van der Waals surface area (Å²) in [5.74, 6) is 1.67. The summed E-state index contributed by atoms with van der Waals surface area (Å²) in [7, 11) is 1.63. The molecule has 0 fully saturated rings. The number of nitrogens with one attached hydrogen (secondary N) is 1. The summed E-state index contributed by atoms with van der Waals surface area (Å²) >= 11 is 6.05. The number of halogens is 1. The van der Waals surface area contributed by atoms with Crippen molar-refractivity contribution in [3.8, 4) is 22.7 Å². The van der Waals surface area contributed by atoms with Crippen LogP contribution in [0.4, 0.5) is 11.8 Å². The van der Waals surface area contributed by atoms with Crippen molar-refractivity contribution in [1.82, 2.24) is 24.7 Å². The number of benzene rings is 2. The summed E-state index contributed by atoms with van der Waals surface area (Å²) in [6.07, 6.45) is 2.52. The van der Waals surface area contributed by atoms with Crippen LogP contribution in [0.1, 0.15) is 5.69 Å². The van der Waals surface area contributed by atoms with Crippen molar-refractivity contribution in [3.63, 3.8) is 0 Å². The van der Waals surface area contributed by atoms with Gasteiger partial charge in [0.2, 0.25) is 5.95 Å². The van der Waals surface area contributed by atoms with Crippen LogP contribution >= 0.6 is 11.6 Å². The molecule has 5 aromatic rings. The number of anilines is 2. The fraction of sp³-hybridized carbons (Fsp3) is 0.120. The molecule has 0 saturated carbocycles. The first kappa shape index (κ1) is 21.7. The third-order valence-corrected chi connectivity index (χ3v) is 5.65. The summed E-state index contributed by atoms with van der Waals surface area (Å²) in [4.78, 5) is 13.8. The molecular weight excluding hydrogens is 450 g/mol. The van der Waals surface area contributed by atoms with E-state index in [1.165, 1.54) is 0 Å². The number of pyridine rings is 1. The fourth-order valence-electron chi connectivity index (χ4n) is 3.68. The zero-order valence-electron chi connectivity index (χ0n) is 18.4. The van der Waals surface area contributed by atoms with Crippen molar-refractivity contribution in [2.75, 3.05) is 24.7 Å². The average molecular weight is 472 g/mol. The largest absolute Gasteiger partial charge is 0.497 e. The molecule has 0 spiro atoms. The van der Waals surface area contributed by atoms with Gasteiger partial charge in [0.05, 0.1) is 23.9 Å². The van der Waals surface area contributed by atoms with Crippen molar-refractivity contribution in [2.24, 2.45) is 0 Å². The number of aromatic nitrogens is 5. The first-order valence-electron chi connectivity index (χ1n) is 10.7. The topological polar surface area (TPSA) is 104 Å². The van der Waals surface area contributed by atoms with Gasteiger partial charge >= 0.3 is 0 Å². The Hall–Kier alpha value is -4.17.